The number of anilines is 1. The van der Waals surface area contributed by atoms with Crippen molar-refractivity contribution in [3.63, 3.8) is 0 Å². The first kappa shape index (κ1) is 26.8. The number of hydrogen-bond donors (Lipinski definition) is 5. The van der Waals surface area contributed by atoms with E-state index in [4.69, 9.17) is 11.6 Å². The van der Waals surface area contributed by atoms with Crippen LogP contribution in [0.25, 0.3) is 0 Å². The molecule has 9 nitrogen and oxygen atoms in total. The van der Waals surface area contributed by atoms with Crippen molar-refractivity contribution in [2.75, 3.05) is 31.6 Å². The molecule has 36 heavy (non-hydrogen) atoms. The molecule has 0 spiro atoms. The number of phenolic OH excluding ortho intramolecular Hbond substituents is 1. The first-order valence-corrected chi connectivity index (χ1v) is 11.5. The lowest BCUT2D eigenvalue weighted by Crippen LogP contribution is -2.29. The van der Waals surface area contributed by atoms with E-state index in [0.717, 1.165) is 5.56 Å². The lowest BCUT2D eigenvalue weighted by molar-refractivity contribution is 0.0956. The zero-order valence-corrected chi connectivity index (χ0v) is 20.2. The molecule has 10 heteroatoms. The van der Waals surface area contributed by atoms with Crippen LogP contribution in [0.15, 0.2) is 71.8 Å². The van der Waals surface area contributed by atoms with Crippen LogP contribution in [0.3, 0.4) is 0 Å². The van der Waals surface area contributed by atoms with Gasteiger partial charge in [-0.3, -0.25) is 14.5 Å². The smallest absolute Gasteiger partial charge is 0.273 e. The van der Waals surface area contributed by atoms with Gasteiger partial charge in [0.05, 0.1) is 30.7 Å². The van der Waals surface area contributed by atoms with Crippen LogP contribution in [-0.4, -0.2) is 64.6 Å². The molecular weight excluding hydrogens is 484 g/mol. The fraction of sp³-hybridized carbons (Fsp3) is 0.192. The van der Waals surface area contributed by atoms with Crippen molar-refractivity contribution in [1.82, 2.24) is 10.3 Å². The minimum atomic E-state index is -0.569. The monoisotopic (exact) mass is 510 g/mol. The van der Waals surface area contributed by atoms with E-state index >= 15 is 0 Å². The SMILES string of the molecule is O=C(Nc1ccc(Cl)cc1C(=O)N/N=C/c1ccc(O)cc1)c1cccc(CN(CCO)CCO)c1. The van der Waals surface area contributed by atoms with Crippen molar-refractivity contribution < 1.29 is 24.9 Å². The van der Waals surface area contributed by atoms with Gasteiger partial charge in [0, 0.05) is 30.2 Å². The maximum atomic E-state index is 13.0. The van der Waals surface area contributed by atoms with E-state index in [0.29, 0.717) is 35.8 Å². The van der Waals surface area contributed by atoms with Crippen molar-refractivity contribution in [2.24, 2.45) is 5.10 Å². The number of hydrazone groups is 1. The number of rotatable bonds is 11. The number of nitrogens with one attached hydrogen (secondary N) is 2. The minimum absolute atomic E-state index is 0.0411. The van der Waals surface area contributed by atoms with Gasteiger partial charge < -0.3 is 20.6 Å². The molecule has 3 aromatic carbocycles. The lowest BCUT2D eigenvalue weighted by Gasteiger charge is -2.20. The van der Waals surface area contributed by atoms with Crippen LogP contribution in [0.1, 0.15) is 31.8 Å². The molecule has 0 aromatic heterocycles. The molecule has 0 aliphatic heterocycles. The quantitative estimate of drug-likeness (QED) is 0.199. The Balaban J connectivity index is 1.72. The average Bonchev–Trinajstić information content (AvgIpc) is 2.86. The van der Waals surface area contributed by atoms with E-state index in [9.17, 15) is 24.9 Å². The molecule has 0 saturated heterocycles. The van der Waals surface area contributed by atoms with Crippen LogP contribution in [0.5, 0.6) is 5.75 Å². The summed E-state index contributed by atoms with van der Waals surface area (Å²) in [7, 11) is 0. The summed E-state index contributed by atoms with van der Waals surface area (Å²) in [6.45, 7) is 1.17. The molecule has 3 aromatic rings. The number of carbonyl (C=O) groups is 2. The third-order valence-electron chi connectivity index (χ3n) is 5.18. The second-order valence-corrected chi connectivity index (χ2v) is 8.29. The van der Waals surface area contributed by atoms with Gasteiger partial charge in [0.2, 0.25) is 0 Å². The summed E-state index contributed by atoms with van der Waals surface area (Å²) in [6, 6.07) is 17.8. The number of carbonyl (C=O) groups excluding carboxylic acids is 2. The number of aliphatic hydroxyl groups is 2. The largest absolute Gasteiger partial charge is 0.508 e. The number of aliphatic hydroxyl groups excluding tert-OH is 2. The highest BCUT2D eigenvalue weighted by Gasteiger charge is 2.16. The van der Waals surface area contributed by atoms with E-state index < -0.39 is 11.8 Å². The van der Waals surface area contributed by atoms with Crippen molar-refractivity contribution in [3.05, 3.63) is 94.0 Å². The summed E-state index contributed by atoms with van der Waals surface area (Å²) < 4.78 is 0. The Morgan fingerprint density at radius 3 is 2.36 bits per heavy atom. The van der Waals surface area contributed by atoms with Crippen molar-refractivity contribution >= 4 is 35.3 Å². The molecule has 5 N–H and O–H groups in total. The number of amides is 2. The minimum Gasteiger partial charge on any atom is -0.508 e. The van der Waals surface area contributed by atoms with Crippen molar-refractivity contribution in [1.29, 1.82) is 0 Å². The van der Waals surface area contributed by atoms with Gasteiger partial charge in [-0.1, -0.05) is 23.7 Å². The predicted molar refractivity (Wildman–Crippen MR) is 138 cm³/mol. The fourth-order valence-electron chi connectivity index (χ4n) is 3.42. The molecule has 2 amide bonds. The molecule has 0 aliphatic rings. The Kier molecular flexibility index (Phi) is 9.96. The zero-order valence-electron chi connectivity index (χ0n) is 19.4. The molecule has 0 unspecified atom stereocenters. The first-order chi connectivity index (χ1) is 17.4. The zero-order chi connectivity index (χ0) is 25.9. The molecule has 0 heterocycles. The van der Waals surface area contributed by atoms with Gasteiger partial charge in [-0.2, -0.15) is 5.10 Å². The maximum absolute atomic E-state index is 13.0. The van der Waals surface area contributed by atoms with Gasteiger partial charge in [-0.15, -0.1) is 0 Å². The number of halogens is 1. The standard InChI is InChI=1S/C26H27ClN4O5/c27-21-6-9-24(23(15-21)26(36)30-28-16-18-4-7-22(34)8-5-18)29-25(35)20-3-1-2-19(14-20)17-31(10-12-32)11-13-33/h1-9,14-16,32-34H,10-13,17H2,(H,29,35)(H,30,36)/b28-16+. The highest BCUT2D eigenvalue weighted by Crippen LogP contribution is 2.22. The average molecular weight is 511 g/mol. The second kappa shape index (κ2) is 13.4. The number of hydrogen-bond acceptors (Lipinski definition) is 7. The summed E-state index contributed by atoms with van der Waals surface area (Å²) in [5.74, 6) is -0.870. The summed E-state index contributed by atoms with van der Waals surface area (Å²) in [4.78, 5) is 27.6. The van der Waals surface area contributed by atoms with Crippen molar-refractivity contribution in [3.8, 4) is 5.75 Å². The van der Waals surface area contributed by atoms with Gasteiger partial charge in [0.15, 0.2) is 0 Å². The third kappa shape index (κ3) is 7.89. The topological polar surface area (TPSA) is 134 Å². The van der Waals surface area contributed by atoms with Crippen LogP contribution in [0.2, 0.25) is 5.02 Å². The molecule has 188 valence electrons. The van der Waals surface area contributed by atoms with Crippen molar-refractivity contribution in [2.45, 2.75) is 6.54 Å². The Hall–Kier alpha value is -3.76. The first-order valence-electron chi connectivity index (χ1n) is 11.2. The number of phenols is 1. The molecule has 0 aliphatic carbocycles. The molecule has 0 atom stereocenters. The maximum Gasteiger partial charge on any atom is 0.273 e. The molecule has 3 rings (SSSR count). The van der Waals surface area contributed by atoms with Crippen LogP contribution >= 0.6 is 11.6 Å². The van der Waals surface area contributed by atoms with Gasteiger partial charge >= 0.3 is 0 Å². The van der Waals surface area contributed by atoms with E-state index in [1.54, 1.807) is 36.4 Å². The molecular formula is C26H27ClN4O5. The third-order valence-corrected chi connectivity index (χ3v) is 5.41. The van der Waals surface area contributed by atoms with Gasteiger partial charge in [0.1, 0.15) is 5.75 Å². The summed E-state index contributed by atoms with van der Waals surface area (Å²) in [6.07, 6.45) is 1.42. The van der Waals surface area contributed by atoms with E-state index in [2.05, 4.69) is 15.8 Å². The van der Waals surface area contributed by atoms with Crippen LogP contribution < -0.4 is 10.7 Å². The summed E-state index contributed by atoms with van der Waals surface area (Å²) >= 11 is 6.08. The van der Waals surface area contributed by atoms with Gasteiger partial charge in [-0.25, -0.2) is 5.43 Å². The second-order valence-electron chi connectivity index (χ2n) is 7.86. The Morgan fingerprint density at radius 2 is 1.67 bits per heavy atom. The van der Waals surface area contributed by atoms with Crippen LogP contribution in [-0.2, 0) is 6.54 Å². The van der Waals surface area contributed by atoms with Gasteiger partial charge in [0.25, 0.3) is 11.8 Å². The Bertz CT molecular complexity index is 1210. The molecule has 0 bridgehead atoms. The summed E-state index contributed by atoms with van der Waals surface area (Å²) in [5, 5.41) is 34.8. The predicted octanol–water partition coefficient (Wildman–Crippen LogP) is 2.85. The fourth-order valence-corrected chi connectivity index (χ4v) is 3.59. The molecule has 0 radical (unpaired) electrons. The van der Waals surface area contributed by atoms with Crippen LogP contribution in [0.4, 0.5) is 5.69 Å². The number of nitrogens with zero attached hydrogens (tertiary/aromatic N) is 2. The number of aromatic hydroxyl groups is 1. The highest BCUT2D eigenvalue weighted by molar-refractivity contribution is 6.31. The van der Waals surface area contributed by atoms with Crippen LogP contribution in [0, 0.1) is 0 Å². The summed E-state index contributed by atoms with van der Waals surface area (Å²) in [5.41, 5.74) is 4.69. The normalized spacial score (nSPS) is 11.1. The molecule has 0 saturated carbocycles. The van der Waals surface area contributed by atoms with E-state index in [1.165, 1.54) is 30.5 Å². The molecule has 0 fully saturated rings. The van der Waals surface area contributed by atoms with E-state index in [-0.39, 0.29) is 30.2 Å². The Labute approximate surface area is 213 Å². The highest BCUT2D eigenvalue weighted by atomic mass is 35.5. The lowest BCUT2D eigenvalue weighted by atomic mass is 10.1. The Morgan fingerprint density at radius 1 is 0.944 bits per heavy atom. The van der Waals surface area contributed by atoms with E-state index in [1.807, 2.05) is 11.0 Å². The van der Waals surface area contributed by atoms with Gasteiger partial charge in [-0.05, 0) is 65.7 Å². The number of benzene rings is 3.